The van der Waals surface area contributed by atoms with Gasteiger partial charge in [0.15, 0.2) is 23.9 Å². The summed E-state index contributed by atoms with van der Waals surface area (Å²) in [6.45, 7) is 1.07. The Morgan fingerprint density at radius 1 is 1.15 bits per heavy atom. The van der Waals surface area contributed by atoms with Crippen LogP contribution in [0.1, 0.15) is 30.6 Å². The first-order valence-electron chi connectivity index (χ1n) is 10.3. The van der Waals surface area contributed by atoms with Crippen molar-refractivity contribution in [3.63, 3.8) is 0 Å². The fourth-order valence-electron chi connectivity index (χ4n) is 3.66. The smallest absolute Gasteiger partial charge is 0.264 e. The quantitative estimate of drug-likeness (QED) is 0.369. The topological polar surface area (TPSA) is 107 Å². The van der Waals surface area contributed by atoms with Gasteiger partial charge in [0.05, 0.1) is 28.7 Å². The van der Waals surface area contributed by atoms with Crippen LogP contribution in [0.15, 0.2) is 41.2 Å². The van der Waals surface area contributed by atoms with Crippen LogP contribution in [-0.2, 0) is 6.61 Å². The first-order chi connectivity index (χ1) is 16.1. The molecule has 0 amide bonds. The molecule has 170 valence electrons. The summed E-state index contributed by atoms with van der Waals surface area (Å²) < 4.78 is 16.8. The summed E-state index contributed by atoms with van der Waals surface area (Å²) in [5.74, 6) is 2.66. The Labute approximate surface area is 199 Å². The standard InChI is InChI=1S/C22H20Cl2N6O3/c1-31-18-8-13-17(26-11-27-21(13)28-12-4-5-14(23)15(24)7-12)9-19(18)32-10-20-29-22(30-33-20)16-3-2-6-25-16/h4-5,7-9,11,16,25H,2-3,6,10H2,1H3,(H,26,27,28)/t16-/m0/s1. The highest BCUT2D eigenvalue weighted by Gasteiger charge is 2.22. The SMILES string of the molecule is COc1cc2c(Nc3ccc(Cl)c(Cl)c3)ncnc2cc1OCc1nc([C@@H]2CCCN2)no1. The molecule has 11 heteroatoms. The predicted molar refractivity (Wildman–Crippen MR) is 124 cm³/mol. The summed E-state index contributed by atoms with van der Waals surface area (Å²) in [4.78, 5) is 13.2. The van der Waals surface area contributed by atoms with Gasteiger partial charge in [0, 0.05) is 17.1 Å². The monoisotopic (exact) mass is 486 g/mol. The van der Waals surface area contributed by atoms with E-state index in [4.69, 9.17) is 37.2 Å². The van der Waals surface area contributed by atoms with Crippen molar-refractivity contribution in [2.24, 2.45) is 0 Å². The van der Waals surface area contributed by atoms with Crippen LogP contribution in [0.4, 0.5) is 11.5 Å². The summed E-state index contributed by atoms with van der Waals surface area (Å²) in [5.41, 5.74) is 1.41. The van der Waals surface area contributed by atoms with Gasteiger partial charge >= 0.3 is 0 Å². The number of nitrogens with one attached hydrogen (secondary N) is 2. The maximum absolute atomic E-state index is 6.13. The molecule has 33 heavy (non-hydrogen) atoms. The molecule has 1 fully saturated rings. The average molecular weight is 487 g/mol. The van der Waals surface area contributed by atoms with Gasteiger partial charge in [-0.1, -0.05) is 28.4 Å². The number of fused-ring (bicyclic) bond motifs is 1. The van der Waals surface area contributed by atoms with Gasteiger partial charge in [-0.2, -0.15) is 4.98 Å². The molecule has 5 rings (SSSR count). The van der Waals surface area contributed by atoms with Gasteiger partial charge in [-0.15, -0.1) is 0 Å². The van der Waals surface area contributed by atoms with Crippen LogP contribution in [0.3, 0.4) is 0 Å². The number of rotatable bonds is 7. The van der Waals surface area contributed by atoms with Crippen LogP contribution in [0, 0.1) is 0 Å². The molecule has 1 atom stereocenters. The van der Waals surface area contributed by atoms with Crippen LogP contribution in [0.25, 0.3) is 10.9 Å². The van der Waals surface area contributed by atoms with E-state index in [1.54, 1.807) is 25.3 Å². The van der Waals surface area contributed by atoms with Gasteiger partial charge in [-0.3, -0.25) is 0 Å². The molecule has 0 saturated carbocycles. The third kappa shape index (κ3) is 4.66. The van der Waals surface area contributed by atoms with Crippen LogP contribution in [-0.4, -0.2) is 33.8 Å². The first kappa shape index (κ1) is 21.7. The van der Waals surface area contributed by atoms with Crippen LogP contribution < -0.4 is 20.1 Å². The molecule has 1 aliphatic heterocycles. The highest BCUT2D eigenvalue weighted by atomic mass is 35.5. The Morgan fingerprint density at radius 3 is 2.85 bits per heavy atom. The van der Waals surface area contributed by atoms with E-state index in [-0.39, 0.29) is 12.6 Å². The van der Waals surface area contributed by atoms with Crippen molar-refractivity contribution in [3.05, 3.63) is 58.4 Å². The lowest BCUT2D eigenvalue weighted by atomic mass is 10.2. The van der Waals surface area contributed by atoms with Crippen molar-refractivity contribution in [1.82, 2.24) is 25.4 Å². The number of anilines is 2. The fraction of sp³-hybridized carbons (Fsp3) is 0.273. The fourth-order valence-corrected chi connectivity index (χ4v) is 3.96. The van der Waals surface area contributed by atoms with E-state index >= 15 is 0 Å². The lowest BCUT2D eigenvalue weighted by Crippen LogP contribution is -2.14. The van der Waals surface area contributed by atoms with Gasteiger partial charge in [0.2, 0.25) is 0 Å². The summed E-state index contributed by atoms with van der Waals surface area (Å²) in [6, 6.07) is 8.99. The van der Waals surface area contributed by atoms with Crippen molar-refractivity contribution in [1.29, 1.82) is 0 Å². The molecule has 2 N–H and O–H groups in total. The Hall–Kier alpha value is -3.14. The number of ether oxygens (including phenoxy) is 2. The normalized spacial score (nSPS) is 15.7. The molecule has 0 radical (unpaired) electrons. The molecule has 2 aromatic carbocycles. The number of nitrogens with zero attached hydrogens (tertiary/aromatic N) is 4. The van der Waals surface area contributed by atoms with Gasteiger partial charge in [-0.05, 0) is 43.7 Å². The zero-order valence-electron chi connectivity index (χ0n) is 17.6. The predicted octanol–water partition coefficient (Wildman–Crippen LogP) is 5.08. The van der Waals surface area contributed by atoms with E-state index in [1.165, 1.54) is 6.33 Å². The van der Waals surface area contributed by atoms with Gasteiger partial charge in [-0.25, -0.2) is 9.97 Å². The van der Waals surface area contributed by atoms with E-state index in [2.05, 4.69) is 30.7 Å². The largest absolute Gasteiger partial charge is 0.493 e. The minimum atomic E-state index is 0.112. The highest BCUT2D eigenvalue weighted by molar-refractivity contribution is 6.42. The molecular formula is C22H20Cl2N6O3. The number of halogens is 2. The second-order valence-corrected chi connectivity index (χ2v) is 8.29. The molecule has 2 aromatic heterocycles. The minimum absolute atomic E-state index is 0.112. The van der Waals surface area contributed by atoms with Crippen molar-refractivity contribution >= 4 is 45.6 Å². The molecule has 1 aliphatic rings. The molecule has 1 saturated heterocycles. The maximum atomic E-state index is 6.13. The summed E-state index contributed by atoms with van der Waals surface area (Å²) in [6.07, 6.45) is 3.57. The van der Waals surface area contributed by atoms with Crippen molar-refractivity contribution in [3.8, 4) is 11.5 Å². The van der Waals surface area contributed by atoms with Crippen LogP contribution in [0.2, 0.25) is 10.0 Å². The second-order valence-electron chi connectivity index (χ2n) is 7.48. The highest BCUT2D eigenvalue weighted by Crippen LogP contribution is 2.36. The average Bonchev–Trinajstić information content (AvgIpc) is 3.52. The van der Waals surface area contributed by atoms with Crippen LogP contribution in [0.5, 0.6) is 11.5 Å². The molecule has 0 unspecified atom stereocenters. The number of methoxy groups -OCH3 is 1. The van der Waals surface area contributed by atoms with Gasteiger partial charge in [0.1, 0.15) is 12.1 Å². The molecule has 9 nitrogen and oxygen atoms in total. The number of aromatic nitrogens is 4. The summed E-state index contributed by atoms with van der Waals surface area (Å²) >= 11 is 12.1. The van der Waals surface area contributed by atoms with E-state index in [9.17, 15) is 0 Å². The maximum Gasteiger partial charge on any atom is 0.264 e. The lowest BCUT2D eigenvalue weighted by molar-refractivity contribution is 0.233. The zero-order valence-corrected chi connectivity index (χ0v) is 19.2. The Kier molecular flexibility index (Phi) is 6.17. The molecule has 0 aliphatic carbocycles. The third-order valence-corrected chi connectivity index (χ3v) is 6.05. The number of benzene rings is 2. The summed E-state index contributed by atoms with van der Waals surface area (Å²) in [5, 5.41) is 12.3. The molecule has 0 bridgehead atoms. The minimum Gasteiger partial charge on any atom is -0.493 e. The number of hydrogen-bond acceptors (Lipinski definition) is 9. The van der Waals surface area contributed by atoms with E-state index in [0.29, 0.717) is 44.6 Å². The van der Waals surface area contributed by atoms with E-state index < -0.39 is 0 Å². The Bertz CT molecular complexity index is 1290. The van der Waals surface area contributed by atoms with Crippen LogP contribution >= 0.6 is 23.2 Å². The Balaban J connectivity index is 1.38. The summed E-state index contributed by atoms with van der Waals surface area (Å²) in [7, 11) is 1.57. The first-order valence-corrected chi connectivity index (χ1v) is 11.1. The molecule has 0 spiro atoms. The van der Waals surface area contributed by atoms with Gasteiger partial charge < -0.3 is 24.6 Å². The van der Waals surface area contributed by atoms with E-state index in [1.807, 2.05) is 12.1 Å². The lowest BCUT2D eigenvalue weighted by Gasteiger charge is -2.13. The Morgan fingerprint density at radius 2 is 2.06 bits per heavy atom. The van der Waals surface area contributed by atoms with Crippen molar-refractivity contribution < 1.29 is 14.0 Å². The van der Waals surface area contributed by atoms with Crippen molar-refractivity contribution in [2.45, 2.75) is 25.5 Å². The second kappa shape index (κ2) is 9.38. The zero-order chi connectivity index (χ0) is 22.8. The molecule has 4 aromatic rings. The molecule has 3 heterocycles. The van der Waals surface area contributed by atoms with Gasteiger partial charge in [0.25, 0.3) is 5.89 Å². The number of hydrogen-bond donors (Lipinski definition) is 2. The van der Waals surface area contributed by atoms with Crippen molar-refractivity contribution in [2.75, 3.05) is 19.0 Å². The molecular weight excluding hydrogens is 467 g/mol. The van der Waals surface area contributed by atoms with E-state index in [0.717, 1.165) is 30.5 Å². The third-order valence-electron chi connectivity index (χ3n) is 5.31.